The molecule has 2 N–H and O–H groups in total. The summed E-state index contributed by atoms with van der Waals surface area (Å²) >= 11 is 6.80. The average molecular weight is 500 g/mol. The molecule has 0 aliphatic carbocycles. The third kappa shape index (κ3) is 5.75. The molecule has 1 aromatic heterocycles. The van der Waals surface area contributed by atoms with E-state index in [0.29, 0.717) is 16.4 Å². The summed E-state index contributed by atoms with van der Waals surface area (Å²) in [4.78, 5) is 29.5. The molecule has 11 heteroatoms. The summed E-state index contributed by atoms with van der Waals surface area (Å²) in [6.45, 7) is 1.64. The lowest BCUT2D eigenvalue weighted by Crippen LogP contribution is -2.24. The minimum atomic E-state index is -1.17. The van der Waals surface area contributed by atoms with Gasteiger partial charge in [-0.15, -0.1) is 5.10 Å². The highest BCUT2D eigenvalue weighted by Gasteiger charge is 2.20. The van der Waals surface area contributed by atoms with E-state index in [9.17, 15) is 20.0 Å². The molecule has 0 unspecified atom stereocenters. The number of nitro groups is 1. The summed E-state index contributed by atoms with van der Waals surface area (Å²) in [5.41, 5.74) is 1.92. The Kier molecular flexibility index (Phi) is 7.49. The van der Waals surface area contributed by atoms with Crippen molar-refractivity contribution in [2.45, 2.75) is 30.8 Å². The van der Waals surface area contributed by atoms with Crippen molar-refractivity contribution in [1.29, 1.82) is 0 Å². The van der Waals surface area contributed by atoms with Crippen LogP contribution in [0.4, 0.5) is 11.4 Å². The van der Waals surface area contributed by atoms with Gasteiger partial charge >= 0.3 is 5.97 Å². The summed E-state index contributed by atoms with van der Waals surface area (Å²) in [5.74, 6) is -0.694. The van der Waals surface area contributed by atoms with Gasteiger partial charge in [-0.05, 0) is 61.0 Å². The van der Waals surface area contributed by atoms with Gasteiger partial charge in [0.15, 0.2) is 5.82 Å². The van der Waals surface area contributed by atoms with Crippen LogP contribution in [0.2, 0.25) is 5.02 Å². The van der Waals surface area contributed by atoms with Gasteiger partial charge in [0, 0.05) is 47.1 Å². The highest BCUT2D eigenvalue weighted by molar-refractivity contribution is 8.04. The number of H-pyrrole nitrogens is 1. The highest BCUT2D eigenvalue weighted by atomic mass is 35.5. The van der Waals surface area contributed by atoms with Crippen LogP contribution in [0.1, 0.15) is 31.2 Å². The van der Waals surface area contributed by atoms with Gasteiger partial charge in [0.2, 0.25) is 5.16 Å². The van der Waals surface area contributed by atoms with E-state index in [4.69, 9.17) is 11.6 Å². The Morgan fingerprint density at radius 2 is 1.85 bits per heavy atom. The molecule has 2 heterocycles. The summed E-state index contributed by atoms with van der Waals surface area (Å²) < 4.78 is 0. The largest absolute Gasteiger partial charge is 0.477 e. The van der Waals surface area contributed by atoms with Crippen molar-refractivity contribution in [1.82, 2.24) is 15.2 Å². The lowest BCUT2D eigenvalue weighted by atomic mass is 10.1. The van der Waals surface area contributed by atoms with Crippen molar-refractivity contribution in [3.63, 3.8) is 0 Å². The lowest BCUT2D eigenvalue weighted by molar-refractivity contribution is -0.384. The average Bonchev–Trinajstić information content (AvgIpc) is 3.11. The van der Waals surface area contributed by atoms with E-state index in [2.05, 4.69) is 20.1 Å². The van der Waals surface area contributed by atoms with E-state index < -0.39 is 10.9 Å². The van der Waals surface area contributed by atoms with Crippen molar-refractivity contribution >= 4 is 46.8 Å². The second-order valence-electron chi connectivity index (χ2n) is 7.79. The van der Waals surface area contributed by atoms with Crippen molar-refractivity contribution in [3.8, 4) is 11.4 Å². The van der Waals surface area contributed by atoms with Crippen LogP contribution < -0.4 is 4.90 Å². The van der Waals surface area contributed by atoms with Gasteiger partial charge in [-0.1, -0.05) is 24.4 Å². The van der Waals surface area contributed by atoms with Gasteiger partial charge in [0.1, 0.15) is 4.91 Å². The van der Waals surface area contributed by atoms with Gasteiger partial charge in [-0.2, -0.15) is 0 Å². The van der Waals surface area contributed by atoms with Crippen LogP contribution in [-0.4, -0.2) is 44.3 Å². The second-order valence-corrected chi connectivity index (χ2v) is 9.24. The number of hydrogen-bond donors (Lipinski definition) is 2. The van der Waals surface area contributed by atoms with Gasteiger partial charge in [-0.25, -0.2) is 9.78 Å². The number of carboxylic acid groups (broad SMARTS) is 1. The minimum absolute atomic E-state index is 0.0433. The Labute approximate surface area is 205 Å². The molecular weight excluding hydrogens is 478 g/mol. The Balaban J connectivity index is 1.67. The van der Waals surface area contributed by atoms with Gasteiger partial charge < -0.3 is 10.0 Å². The maximum atomic E-state index is 12.1. The first-order valence-corrected chi connectivity index (χ1v) is 11.9. The van der Waals surface area contributed by atoms with Crippen molar-refractivity contribution in [3.05, 3.63) is 68.1 Å². The number of halogens is 1. The quantitative estimate of drug-likeness (QED) is 0.185. The van der Waals surface area contributed by atoms with Gasteiger partial charge in [0.05, 0.1) is 4.92 Å². The number of aromatic amines is 1. The highest BCUT2D eigenvalue weighted by Crippen LogP contribution is 2.33. The van der Waals surface area contributed by atoms with Gasteiger partial charge in [0.25, 0.3) is 5.69 Å². The minimum Gasteiger partial charge on any atom is -0.477 e. The molecule has 34 heavy (non-hydrogen) atoms. The van der Waals surface area contributed by atoms with Crippen LogP contribution in [0, 0.1) is 10.1 Å². The molecule has 1 aliphatic heterocycles. The smallest absolute Gasteiger partial charge is 0.342 e. The van der Waals surface area contributed by atoms with Crippen LogP contribution in [-0.2, 0) is 4.79 Å². The van der Waals surface area contributed by atoms with E-state index in [1.54, 1.807) is 30.3 Å². The molecule has 176 valence electrons. The van der Waals surface area contributed by atoms with E-state index in [-0.39, 0.29) is 15.7 Å². The number of rotatable bonds is 7. The number of non-ortho nitro benzene ring substituents is 1. The predicted octanol–water partition coefficient (Wildman–Crippen LogP) is 5.63. The molecule has 9 nitrogen and oxygen atoms in total. The zero-order chi connectivity index (χ0) is 24.1. The summed E-state index contributed by atoms with van der Waals surface area (Å²) in [6, 6.07) is 11.6. The van der Waals surface area contributed by atoms with E-state index >= 15 is 0 Å². The Morgan fingerprint density at radius 3 is 2.50 bits per heavy atom. The first kappa shape index (κ1) is 23.8. The Hall–Kier alpha value is -3.37. The number of anilines is 1. The molecular formula is C23H22ClN5O4S. The number of nitrogens with one attached hydrogen (secondary N) is 1. The zero-order valence-corrected chi connectivity index (χ0v) is 19.7. The first-order valence-electron chi connectivity index (χ1n) is 10.8. The molecule has 0 saturated carbocycles. The molecule has 0 radical (unpaired) electrons. The predicted molar refractivity (Wildman–Crippen MR) is 132 cm³/mol. The number of aliphatic carboxylic acids is 1. The molecule has 0 amide bonds. The lowest BCUT2D eigenvalue weighted by Gasteiger charge is -2.24. The number of nitrogens with zero attached hydrogens (tertiary/aromatic N) is 4. The zero-order valence-electron chi connectivity index (χ0n) is 18.1. The normalized spacial score (nSPS) is 14.6. The van der Waals surface area contributed by atoms with Crippen molar-refractivity contribution in [2.75, 3.05) is 18.0 Å². The fraction of sp³-hybridized carbons (Fsp3) is 0.261. The molecule has 1 aliphatic rings. The van der Waals surface area contributed by atoms with Crippen LogP contribution in [0.5, 0.6) is 0 Å². The molecule has 3 aromatic rings. The SMILES string of the molecule is O=C(O)/C(=C\c1cc([N+](=O)[O-])ccc1N1CCCCCC1)Sc1n[nH]c(-c2ccc(Cl)cc2)n1. The topological polar surface area (TPSA) is 125 Å². The molecule has 0 spiro atoms. The molecule has 4 rings (SSSR count). The number of carbonyl (C=O) groups is 1. The number of thioether (sulfide) groups is 1. The number of nitro benzene ring substituents is 1. The van der Waals surface area contributed by atoms with Crippen LogP contribution in [0.25, 0.3) is 17.5 Å². The fourth-order valence-electron chi connectivity index (χ4n) is 3.77. The summed E-state index contributed by atoms with van der Waals surface area (Å²) in [6.07, 6.45) is 5.76. The Morgan fingerprint density at radius 1 is 1.15 bits per heavy atom. The number of hydrogen-bond acceptors (Lipinski definition) is 7. The molecule has 2 aromatic carbocycles. The maximum absolute atomic E-state index is 12.1. The van der Waals surface area contributed by atoms with Crippen LogP contribution >= 0.6 is 23.4 Å². The third-order valence-corrected chi connectivity index (χ3v) is 6.58. The fourth-order valence-corrected chi connectivity index (χ4v) is 4.60. The monoisotopic (exact) mass is 499 g/mol. The van der Waals surface area contributed by atoms with Crippen molar-refractivity contribution in [2.24, 2.45) is 0 Å². The summed E-state index contributed by atoms with van der Waals surface area (Å²) in [5, 5.41) is 29.0. The molecule has 1 fully saturated rings. The van der Waals surface area contributed by atoms with Crippen LogP contribution in [0.3, 0.4) is 0 Å². The number of benzene rings is 2. The van der Waals surface area contributed by atoms with Crippen LogP contribution in [0.15, 0.2) is 52.5 Å². The first-order chi connectivity index (χ1) is 16.4. The van der Waals surface area contributed by atoms with Gasteiger partial charge in [-0.3, -0.25) is 15.2 Å². The number of aromatic nitrogens is 3. The van der Waals surface area contributed by atoms with E-state index in [1.165, 1.54) is 18.2 Å². The standard InChI is InChI=1S/C23H22ClN5O4S/c24-17-7-5-15(6-8-17)21-25-23(27-26-21)34-20(22(30)31)14-16-13-18(29(32)33)9-10-19(16)28-11-3-1-2-4-12-28/h5-10,13-14H,1-4,11-12H2,(H,30,31)(H,25,26,27)/b20-14+. The second kappa shape index (κ2) is 10.7. The number of carboxylic acids is 1. The Bertz CT molecular complexity index is 1220. The molecule has 1 saturated heterocycles. The molecule has 0 bridgehead atoms. The third-order valence-electron chi connectivity index (χ3n) is 5.45. The van der Waals surface area contributed by atoms with E-state index in [0.717, 1.165) is 61.8 Å². The van der Waals surface area contributed by atoms with Crippen molar-refractivity contribution < 1.29 is 14.8 Å². The maximum Gasteiger partial charge on any atom is 0.342 e. The van der Waals surface area contributed by atoms with E-state index in [1.807, 2.05) is 0 Å². The summed E-state index contributed by atoms with van der Waals surface area (Å²) in [7, 11) is 0. The molecule has 0 atom stereocenters.